The summed E-state index contributed by atoms with van der Waals surface area (Å²) < 4.78 is 1.85. The van der Waals surface area contributed by atoms with Crippen LogP contribution in [0.25, 0.3) is 16.9 Å². The van der Waals surface area contributed by atoms with Crippen LogP contribution in [-0.2, 0) is 17.7 Å². The van der Waals surface area contributed by atoms with Crippen molar-refractivity contribution in [1.29, 1.82) is 0 Å². The number of carbonyl (C=O) groups excluding carboxylic acids is 2. The van der Waals surface area contributed by atoms with E-state index < -0.39 is 0 Å². The van der Waals surface area contributed by atoms with Crippen LogP contribution in [0.1, 0.15) is 37.5 Å². The lowest BCUT2D eigenvalue weighted by Gasteiger charge is -2.20. The number of nitrogens with two attached hydrogens (primary N) is 2. The summed E-state index contributed by atoms with van der Waals surface area (Å²) >= 11 is 1.67. The lowest BCUT2D eigenvalue weighted by atomic mass is 9.88. The van der Waals surface area contributed by atoms with E-state index >= 15 is 0 Å². The maximum Gasteiger partial charge on any atom is 0.256 e. The number of benzene rings is 3. The van der Waals surface area contributed by atoms with Gasteiger partial charge in [-0.05, 0) is 81.1 Å². The highest BCUT2D eigenvalue weighted by atomic mass is 32.2. The SMILES string of the molecule is CN.CO[NH2+]c1cccc(C(=O)Nc2ccc3c(c2)-c2c(c(C=O)nn2-c2ccc(SC)cc2)CC3)c1C. The van der Waals surface area contributed by atoms with Gasteiger partial charge in [0.2, 0.25) is 0 Å². The standard InChI is InChI=1S/C28H26N4O3S.CH5N/c1-17-22(5-4-6-25(17)31-35-2)28(34)29-19-9-7-18-8-14-23-26(16-33)30-32(27(23)24(18)15-19)20-10-12-21(36-3)13-11-20;1-2/h4-7,9-13,15-16,31H,8,14H2,1-3H3,(H,29,34);2H2,1H3/p+1. The number of aryl methyl sites for hydroxylation is 1. The molecule has 5 N–H and O–H groups in total. The van der Waals surface area contributed by atoms with Gasteiger partial charge in [-0.25, -0.2) is 9.52 Å². The fourth-order valence-electron chi connectivity index (χ4n) is 4.70. The van der Waals surface area contributed by atoms with Gasteiger partial charge in [0, 0.05) is 38.9 Å². The molecule has 1 amide bonds. The van der Waals surface area contributed by atoms with Gasteiger partial charge in [0.25, 0.3) is 5.91 Å². The second-order valence-corrected chi connectivity index (χ2v) is 9.52. The number of carbonyl (C=O) groups is 2. The Morgan fingerprint density at radius 1 is 1.13 bits per heavy atom. The third-order valence-electron chi connectivity index (χ3n) is 6.58. The highest BCUT2D eigenvalue weighted by Gasteiger charge is 2.26. The first-order valence-electron chi connectivity index (χ1n) is 12.2. The molecule has 0 spiro atoms. The van der Waals surface area contributed by atoms with Crippen LogP contribution in [0.2, 0.25) is 0 Å². The van der Waals surface area contributed by atoms with Gasteiger partial charge in [-0.1, -0.05) is 12.1 Å². The molecule has 196 valence electrons. The van der Waals surface area contributed by atoms with Gasteiger partial charge in [0.1, 0.15) is 5.69 Å². The van der Waals surface area contributed by atoms with Gasteiger partial charge in [-0.3, -0.25) is 9.59 Å². The number of hydrogen-bond acceptors (Lipinski definition) is 6. The molecule has 0 radical (unpaired) electrons. The van der Waals surface area contributed by atoms with Crippen molar-refractivity contribution in [1.82, 2.24) is 9.78 Å². The van der Waals surface area contributed by atoms with E-state index in [0.717, 1.165) is 63.3 Å². The van der Waals surface area contributed by atoms with Crippen LogP contribution in [0.15, 0.2) is 65.6 Å². The molecule has 5 rings (SSSR count). The van der Waals surface area contributed by atoms with E-state index in [1.807, 2.05) is 72.5 Å². The molecule has 0 aliphatic heterocycles. The van der Waals surface area contributed by atoms with Crippen LogP contribution < -0.4 is 16.5 Å². The molecule has 1 heterocycles. The van der Waals surface area contributed by atoms with E-state index in [0.29, 0.717) is 16.9 Å². The Morgan fingerprint density at radius 2 is 1.89 bits per heavy atom. The fourth-order valence-corrected chi connectivity index (χ4v) is 5.11. The van der Waals surface area contributed by atoms with E-state index in [4.69, 9.17) is 4.84 Å². The summed E-state index contributed by atoms with van der Waals surface area (Å²) in [4.78, 5) is 31.3. The number of rotatable bonds is 7. The Bertz CT molecular complexity index is 1460. The number of hydrogen-bond donors (Lipinski definition) is 3. The van der Waals surface area contributed by atoms with Gasteiger partial charge < -0.3 is 11.1 Å². The van der Waals surface area contributed by atoms with Gasteiger partial charge in [-0.2, -0.15) is 10.6 Å². The number of nitrogens with one attached hydrogen (secondary N) is 1. The van der Waals surface area contributed by atoms with Crippen molar-refractivity contribution in [2.24, 2.45) is 5.73 Å². The first kappa shape index (κ1) is 27.3. The normalized spacial score (nSPS) is 11.6. The number of quaternary nitrogens is 1. The van der Waals surface area contributed by atoms with Crippen molar-refractivity contribution in [2.75, 3.05) is 25.7 Å². The number of anilines is 1. The minimum atomic E-state index is -0.190. The quantitative estimate of drug-likeness (QED) is 0.144. The molecule has 0 bridgehead atoms. The number of amides is 1. The van der Waals surface area contributed by atoms with Crippen molar-refractivity contribution in [3.63, 3.8) is 0 Å². The van der Waals surface area contributed by atoms with Crippen LogP contribution in [0.5, 0.6) is 0 Å². The average molecular weight is 531 g/mol. The van der Waals surface area contributed by atoms with E-state index in [2.05, 4.69) is 16.1 Å². The molecule has 0 atom stereocenters. The highest BCUT2D eigenvalue weighted by Crippen LogP contribution is 2.38. The Balaban J connectivity index is 0.00000164. The van der Waals surface area contributed by atoms with Crippen LogP contribution >= 0.6 is 11.8 Å². The summed E-state index contributed by atoms with van der Waals surface area (Å²) in [6.07, 6.45) is 4.42. The largest absolute Gasteiger partial charge is 0.333 e. The Kier molecular flexibility index (Phi) is 8.75. The molecule has 38 heavy (non-hydrogen) atoms. The molecule has 9 heteroatoms. The Labute approximate surface area is 226 Å². The third kappa shape index (κ3) is 5.27. The minimum absolute atomic E-state index is 0.190. The van der Waals surface area contributed by atoms with Crippen molar-refractivity contribution in [3.05, 3.63) is 88.6 Å². The van der Waals surface area contributed by atoms with Gasteiger partial charge in [0.15, 0.2) is 12.0 Å². The molecule has 0 saturated carbocycles. The first-order chi connectivity index (χ1) is 18.5. The number of fused-ring (bicyclic) bond motifs is 3. The predicted molar refractivity (Wildman–Crippen MR) is 151 cm³/mol. The lowest BCUT2D eigenvalue weighted by Crippen LogP contribution is -2.76. The Morgan fingerprint density at radius 3 is 2.58 bits per heavy atom. The summed E-state index contributed by atoms with van der Waals surface area (Å²) in [6.45, 7) is 1.90. The second-order valence-electron chi connectivity index (χ2n) is 8.64. The molecule has 1 aliphatic carbocycles. The van der Waals surface area contributed by atoms with Gasteiger partial charge in [-0.15, -0.1) is 11.8 Å². The van der Waals surface area contributed by atoms with Crippen LogP contribution in [0.3, 0.4) is 0 Å². The second kappa shape index (κ2) is 12.2. The topological polar surface area (TPSA) is 116 Å². The summed E-state index contributed by atoms with van der Waals surface area (Å²) in [6, 6.07) is 19.6. The molecule has 0 fully saturated rings. The molecule has 0 saturated heterocycles. The summed E-state index contributed by atoms with van der Waals surface area (Å²) in [5, 5.41) is 7.70. The monoisotopic (exact) mass is 530 g/mol. The van der Waals surface area contributed by atoms with E-state index in [9.17, 15) is 9.59 Å². The number of aromatic nitrogens is 2. The zero-order chi connectivity index (χ0) is 27.2. The maximum atomic E-state index is 13.2. The number of nitrogens with zero attached hydrogens (tertiary/aromatic N) is 2. The molecular formula is C29H32N5O3S+. The van der Waals surface area contributed by atoms with Gasteiger partial charge in [0.05, 0.1) is 18.5 Å². The summed E-state index contributed by atoms with van der Waals surface area (Å²) in [7, 11) is 3.09. The van der Waals surface area contributed by atoms with Crippen molar-refractivity contribution in [2.45, 2.75) is 24.7 Å². The molecule has 3 aromatic carbocycles. The summed E-state index contributed by atoms with van der Waals surface area (Å²) in [5.41, 5.74) is 14.4. The molecule has 1 aromatic heterocycles. The molecule has 1 aliphatic rings. The Hall–Kier alpha value is -3.76. The van der Waals surface area contributed by atoms with E-state index in [-0.39, 0.29) is 5.91 Å². The van der Waals surface area contributed by atoms with Crippen molar-refractivity contribution in [3.8, 4) is 16.9 Å². The van der Waals surface area contributed by atoms with Crippen molar-refractivity contribution >= 4 is 35.3 Å². The maximum absolute atomic E-state index is 13.2. The molecular weight excluding hydrogens is 498 g/mol. The molecule has 4 aromatic rings. The number of thioether (sulfide) groups is 1. The lowest BCUT2D eigenvalue weighted by molar-refractivity contribution is -0.830. The first-order valence-corrected chi connectivity index (χ1v) is 13.5. The van der Waals surface area contributed by atoms with Crippen LogP contribution in [0, 0.1) is 6.92 Å². The fraction of sp³-hybridized carbons (Fsp3) is 0.207. The zero-order valence-electron chi connectivity index (χ0n) is 21.9. The van der Waals surface area contributed by atoms with Crippen LogP contribution in [-0.4, -0.2) is 42.4 Å². The van der Waals surface area contributed by atoms with E-state index in [1.165, 1.54) is 7.05 Å². The smallest absolute Gasteiger partial charge is 0.256 e. The minimum Gasteiger partial charge on any atom is -0.333 e. The van der Waals surface area contributed by atoms with Crippen LogP contribution in [0.4, 0.5) is 11.4 Å². The van der Waals surface area contributed by atoms with Crippen molar-refractivity contribution < 1.29 is 19.9 Å². The predicted octanol–water partition coefficient (Wildman–Crippen LogP) is 4.06. The summed E-state index contributed by atoms with van der Waals surface area (Å²) in [5.74, 6) is -0.190. The van der Waals surface area contributed by atoms with Gasteiger partial charge >= 0.3 is 0 Å². The van der Waals surface area contributed by atoms with E-state index in [1.54, 1.807) is 30.4 Å². The zero-order valence-corrected chi connectivity index (χ0v) is 22.8. The highest BCUT2D eigenvalue weighted by molar-refractivity contribution is 7.98. The number of aldehydes is 1. The molecule has 8 nitrogen and oxygen atoms in total. The molecule has 0 unspecified atom stereocenters. The average Bonchev–Trinajstić information content (AvgIpc) is 3.34. The third-order valence-corrected chi connectivity index (χ3v) is 7.32.